The van der Waals surface area contributed by atoms with Gasteiger partial charge < -0.3 is 20.7 Å². The Bertz CT molecular complexity index is 478. The first-order valence-electron chi connectivity index (χ1n) is 6.89. The van der Waals surface area contributed by atoms with E-state index >= 15 is 0 Å². The number of nitrogens with two attached hydrogens (primary N) is 1. The van der Waals surface area contributed by atoms with Gasteiger partial charge in [0, 0.05) is 12.6 Å². The number of methoxy groups -OCH3 is 1. The van der Waals surface area contributed by atoms with Crippen LogP contribution in [-0.4, -0.2) is 49.1 Å². The Hall–Kier alpha value is -1.82. The molecule has 3 N–H and O–H groups in total. The molecule has 1 aromatic heterocycles. The maximum absolute atomic E-state index is 11.6. The number of aromatic nitrogens is 1. The number of piperidine rings is 1. The summed E-state index contributed by atoms with van der Waals surface area (Å²) in [5, 5.41) is 3.28. The second-order valence-electron chi connectivity index (χ2n) is 5.16. The summed E-state index contributed by atoms with van der Waals surface area (Å²) in [5.41, 5.74) is 6.41. The number of anilines is 2. The quantitative estimate of drug-likeness (QED) is 0.809. The molecule has 1 saturated heterocycles. The summed E-state index contributed by atoms with van der Waals surface area (Å²) in [5.74, 6) is 0.210. The molecule has 110 valence electrons. The van der Waals surface area contributed by atoms with Crippen molar-refractivity contribution in [2.45, 2.75) is 25.3 Å². The minimum Gasteiger partial charge on any atom is -0.465 e. The first kappa shape index (κ1) is 14.6. The predicted octanol–water partition coefficient (Wildman–Crippen LogP) is 1.35. The van der Waals surface area contributed by atoms with Crippen LogP contribution in [0.2, 0.25) is 0 Å². The highest BCUT2D eigenvalue weighted by atomic mass is 16.5. The maximum atomic E-state index is 11.6. The summed E-state index contributed by atoms with van der Waals surface area (Å²) in [7, 11) is 3.48. The standard InChI is InChI=1S/C14H22N4O2/c1-18-6-4-3-5-10(18)8-16-13-7-11(14(19)20-2)12(15)9-17-13/h7,9-10H,3-6,8,15H2,1-2H3,(H,16,17). The SMILES string of the molecule is COC(=O)c1cc(NCC2CCCCN2C)ncc1N. The predicted molar refractivity (Wildman–Crippen MR) is 78.7 cm³/mol. The third-order valence-electron chi connectivity index (χ3n) is 3.78. The Kier molecular flexibility index (Phi) is 4.79. The molecule has 1 aliphatic heterocycles. The first-order chi connectivity index (χ1) is 9.61. The minimum atomic E-state index is -0.442. The molecule has 1 unspecified atom stereocenters. The first-order valence-corrected chi connectivity index (χ1v) is 6.89. The van der Waals surface area contributed by atoms with Gasteiger partial charge in [-0.05, 0) is 32.5 Å². The van der Waals surface area contributed by atoms with Crippen LogP contribution in [0.3, 0.4) is 0 Å². The van der Waals surface area contributed by atoms with Gasteiger partial charge in [0.2, 0.25) is 0 Å². The molecule has 0 radical (unpaired) electrons. The zero-order valence-corrected chi connectivity index (χ0v) is 12.1. The third kappa shape index (κ3) is 3.39. The summed E-state index contributed by atoms with van der Waals surface area (Å²) in [4.78, 5) is 18.1. The fourth-order valence-electron chi connectivity index (χ4n) is 2.47. The van der Waals surface area contributed by atoms with E-state index in [2.05, 4.69) is 22.2 Å². The minimum absolute atomic E-state index is 0.331. The van der Waals surface area contributed by atoms with E-state index in [1.807, 2.05) is 0 Å². The summed E-state index contributed by atoms with van der Waals surface area (Å²) < 4.78 is 4.70. The smallest absolute Gasteiger partial charge is 0.340 e. The van der Waals surface area contributed by atoms with Crippen LogP contribution in [0.15, 0.2) is 12.3 Å². The van der Waals surface area contributed by atoms with Gasteiger partial charge in [-0.3, -0.25) is 0 Å². The molecule has 2 heterocycles. The van der Waals surface area contributed by atoms with E-state index in [0.29, 0.717) is 23.1 Å². The van der Waals surface area contributed by atoms with Gasteiger partial charge in [0.05, 0.1) is 24.6 Å². The molecule has 20 heavy (non-hydrogen) atoms. The van der Waals surface area contributed by atoms with Crippen molar-refractivity contribution in [1.82, 2.24) is 9.88 Å². The highest BCUT2D eigenvalue weighted by Gasteiger charge is 2.19. The normalized spacial score (nSPS) is 19.6. The fraction of sp³-hybridized carbons (Fsp3) is 0.571. The number of carbonyl (C=O) groups is 1. The van der Waals surface area contributed by atoms with E-state index in [0.717, 1.165) is 13.1 Å². The van der Waals surface area contributed by atoms with Crippen LogP contribution < -0.4 is 11.1 Å². The van der Waals surface area contributed by atoms with Gasteiger partial charge in [0.25, 0.3) is 0 Å². The molecule has 0 bridgehead atoms. The van der Waals surface area contributed by atoms with Crippen LogP contribution in [0.1, 0.15) is 29.6 Å². The molecule has 0 aliphatic carbocycles. The Labute approximate surface area is 119 Å². The van der Waals surface area contributed by atoms with Crippen molar-refractivity contribution in [2.75, 3.05) is 38.3 Å². The average molecular weight is 278 g/mol. The summed E-state index contributed by atoms with van der Waals surface area (Å²) in [6.07, 6.45) is 5.19. The van der Waals surface area contributed by atoms with Gasteiger partial charge in [0.15, 0.2) is 0 Å². The van der Waals surface area contributed by atoms with Crippen molar-refractivity contribution >= 4 is 17.5 Å². The topological polar surface area (TPSA) is 80.5 Å². The number of ether oxygens (including phenoxy) is 1. The molecule has 1 aliphatic rings. The van der Waals surface area contributed by atoms with Crippen molar-refractivity contribution in [3.8, 4) is 0 Å². The maximum Gasteiger partial charge on any atom is 0.340 e. The van der Waals surface area contributed by atoms with Gasteiger partial charge in [-0.1, -0.05) is 6.42 Å². The van der Waals surface area contributed by atoms with Gasteiger partial charge in [-0.25, -0.2) is 9.78 Å². The number of carbonyl (C=O) groups excluding carboxylic acids is 1. The average Bonchev–Trinajstić information content (AvgIpc) is 2.47. The van der Waals surface area contributed by atoms with Crippen molar-refractivity contribution < 1.29 is 9.53 Å². The van der Waals surface area contributed by atoms with Gasteiger partial charge >= 0.3 is 5.97 Å². The second-order valence-corrected chi connectivity index (χ2v) is 5.16. The van der Waals surface area contributed by atoms with E-state index < -0.39 is 5.97 Å². The van der Waals surface area contributed by atoms with Crippen LogP contribution >= 0.6 is 0 Å². The van der Waals surface area contributed by atoms with Crippen LogP contribution in [0, 0.1) is 0 Å². The van der Waals surface area contributed by atoms with Gasteiger partial charge in [0.1, 0.15) is 5.82 Å². The Morgan fingerprint density at radius 2 is 2.40 bits per heavy atom. The van der Waals surface area contributed by atoms with Crippen molar-refractivity contribution in [3.05, 3.63) is 17.8 Å². The summed E-state index contributed by atoms with van der Waals surface area (Å²) in [6.45, 7) is 1.95. The molecule has 1 fully saturated rings. The lowest BCUT2D eigenvalue weighted by atomic mass is 10.0. The molecule has 1 atom stereocenters. The lowest BCUT2D eigenvalue weighted by Crippen LogP contribution is -2.40. The number of likely N-dealkylation sites (tertiary alicyclic amines) is 1. The lowest BCUT2D eigenvalue weighted by molar-refractivity contribution is 0.0602. The molecule has 0 aromatic carbocycles. The Morgan fingerprint density at radius 3 is 3.10 bits per heavy atom. The van der Waals surface area contributed by atoms with Crippen molar-refractivity contribution in [2.24, 2.45) is 0 Å². The zero-order chi connectivity index (χ0) is 14.5. The largest absolute Gasteiger partial charge is 0.465 e. The highest BCUT2D eigenvalue weighted by molar-refractivity contribution is 5.95. The van der Waals surface area contributed by atoms with Crippen LogP contribution in [0.25, 0.3) is 0 Å². The Balaban J connectivity index is 2.00. The molecule has 0 amide bonds. The molecule has 2 rings (SSSR count). The second kappa shape index (κ2) is 6.56. The molecular weight excluding hydrogens is 256 g/mol. The number of nitrogens with one attached hydrogen (secondary N) is 1. The molecule has 0 spiro atoms. The number of nitrogens with zero attached hydrogens (tertiary/aromatic N) is 2. The molecule has 6 nitrogen and oxygen atoms in total. The number of hydrogen-bond acceptors (Lipinski definition) is 6. The van der Waals surface area contributed by atoms with Gasteiger partial charge in [-0.2, -0.15) is 0 Å². The number of rotatable bonds is 4. The van der Waals surface area contributed by atoms with E-state index in [4.69, 9.17) is 10.5 Å². The number of hydrogen-bond donors (Lipinski definition) is 2. The van der Waals surface area contributed by atoms with E-state index in [-0.39, 0.29) is 0 Å². The monoisotopic (exact) mass is 278 g/mol. The number of pyridine rings is 1. The molecule has 6 heteroatoms. The van der Waals surface area contributed by atoms with E-state index in [9.17, 15) is 4.79 Å². The van der Waals surface area contributed by atoms with Gasteiger partial charge in [-0.15, -0.1) is 0 Å². The molecule has 0 saturated carbocycles. The van der Waals surface area contributed by atoms with Crippen LogP contribution in [0.4, 0.5) is 11.5 Å². The third-order valence-corrected chi connectivity index (χ3v) is 3.78. The lowest BCUT2D eigenvalue weighted by Gasteiger charge is -2.32. The molecule has 1 aromatic rings. The summed E-state index contributed by atoms with van der Waals surface area (Å²) in [6, 6.07) is 2.15. The van der Waals surface area contributed by atoms with Crippen LogP contribution in [-0.2, 0) is 4.74 Å². The number of likely N-dealkylation sites (N-methyl/N-ethyl adjacent to an activating group) is 1. The van der Waals surface area contributed by atoms with E-state index in [1.165, 1.54) is 32.6 Å². The molecular formula is C14H22N4O2. The van der Waals surface area contributed by atoms with Crippen molar-refractivity contribution in [3.63, 3.8) is 0 Å². The van der Waals surface area contributed by atoms with E-state index in [1.54, 1.807) is 6.07 Å². The number of esters is 1. The van der Waals surface area contributed by atoms with Crippen LogP contribution in [0.5, 0.6) is 0 Å². The highest BCUT2D eigenvalue weighted by Crippen LogP contribution is 2.18. The number of nitrogen functional groups attached to an aromatic ring is 1. The van der Waals surface area contributed by atoms with Crippen molar-refractivity contribution in [1.29, 1.82) is 0 Å². The summed E-state index contributed by atoms with van der Waals surface area (Å²) >= 11 is 0. The fourth-order valence-corrected chi connectivity index (χ4v) is 2.47. The Morgan fingerprint density at radius 1 is 1.60 bits per heavy atom. The zero-order valence-electron chi connectivity index (χ0n) is 12.1.